The third-order valence-corrected chi connectivity index (χ3v) is 1.29. The summed E-state index contributed by atoms with van der Waals surface area (Å²) < 4.78 is 36.8. The van der Waals surface area contributed by atoms with Crippen molar-refractivity contribution < 1.29 is 13.2 Å². The van der Waals surface area contributed by atoms with Crippen molar-refractivity contribution in [2.75, 3.05) is 0 Å². The van der Waals surface area contributed by atoms with E-state index in [1.807, 2.05) is 4.72 Å². The predicted molar refractivity (Wildman–Crippen MR) is 28.1 cm³/mol. The van der Waals surface area contributed by atoms with Gasteiger partial charge in [0.15, 0.2) is 0 Å². The average molecular weight is 153 g/mol. The molecule has 1 nitrogen and oxygen atoms in total. The second-order valence-electron chi connectivity index (χ2n) is 1.38. The van der Waals surface area contributed by atoms with Crippen LogP contribution in [-0.4, -0.2) is 6.18 Å². The quantitative estimate of drug-likeness (QED) is 0.532. The van der Waals surface area contributed by atoms with Gasteiger partial charge in [-0.2, -0.15) is 13.2 Å². The molecule has 0 unspecified atom stereocenters. The lowest BCUT2D eigenvalue weighted by molar-refractivity contribution is -0.0939. The normalized spacial score (nSPS) is 19.2. The lowest BCUT2D eigenvalue weighted by atomic mass is 10.4. The molecule has 0 aromatic heterocycles. The first-order valence-electron chi connectivity index (χ1n) is 2.05. The molecule has 0 bridgehead atoms. The number of alkyl halides is 3. The van der Waals surface area contributed by atoms with Crippen LogP contribution in [-0.2, 0) is 0 Å². The molecule has 0 saturated heterocycles. The number of rotatable bonds is 0. The van der Waals surface area contributed by atoms with Crippen LogP contribution in [0.25, 0.3) is 0 Å². The summed E-state index contributed by atoms with van der Waals surface area (Å²) in [4.78, 5) is 0. The summed E-state index contributed by atoms with van der Waals surface area (Å²) in [5.74, 6) is 2.30. The molecule has 1 N–H and O–H groups in total. The van der Waals surface area contributed by atoms with E-state index in [0.29, 0.717) is 0 Å². The molecular formula is C4H2F3NS. The van der Waals surface area contributed by atoms with Crippen LogP contribution in [0.4, 0.5) is 13.2 Å². The minimum absolute atomic E-state index is 0.743. The maximum absolute atomic E-state index is 11.6. The largest absolute Gasteiger partial charge is 0.431 e. The van der Waals surface area contributed by atoms with Crippen molar-refractivity contribution in [1.29, 1.82) is 0 Å². The molecular weight excluding hydrogens is 151 g/mol. The molecule has 0 amide bonds. The van der Waals surface area contributed by atoms with E-state index in [9.17, 15) is 13.2 Å². The minimum atomic E-state index is -4.25. The molecule has 5 heteroatoms. The minimum Gasteiger partial charge on any atom is -0.325 e. The zero-order chi connectivity index (χ0) is 6.91. The third kappa shape index (κ3) is 1.54. The molecule has 1 rings (SSSR count). The Morgan fingerprint density at radius 3 is 2.44 bits per heavy atom. The molecule has 0 spiro atoms. The fourth-order valence-electron chi connectivity index (χ4n) is 0.342. The van der Waals surface area contributed by atoms with Crippen LogP contribution in [0.5, 0.6) is 0 Å². The van der Waals surface area contributed by atoms with E-state index in [2.05, 4.69) is 5.75 Å². The maximum Gasteiger partial charge on any atom is 0.431 e. The van der Waals surface area contributed by atoms with Gasteiger partial charge >= 0.3 is 6.18 Å². The van der Waals surface area contributed by atoms with Gasteiger partial charge in [-0.1, -0.05) is 0 Å². The van der Waals surface area contributed by atoms with Crippen LogP contribution >= 0.6 is 11.9 Å². The second kappa shape index (κ2) is 2.13. The van der Waals surface area contributed by atoms with E-state index in [-0.39, 0.29) is 0 Å². The SMILES string of the molecule is FC(F)(F)C1=C[C]SN1. The maximum atomic E-state index is 11.6. The molecule has 0 fully saturated rings. The van der Waals surface area contributed by atoms with Crippen LogP contribution in [0.3, 0.4) is 0 Å². The Labute approximate surface area is 54.4 Å². The summed E-state index contributed by atoms with van der Waals surface area (Å²) in [6.45, 7) is 0. The van der Waals surface area contributed by atoms with Crippen molar-refractivity contribution in [3.05, 3.63) is 17.5 Å². The van der Waals surface area contributed by atoms with Crippen molar-refractivity contribution in [3.63, 3.8) is 0 Å². The first-order chi connectivity index (χ1) is 4.11. The average Bonchev–Trinajstić information content (AvgIpc) is 2.08. The Morgan fingerprint density at radius 2 is 2.22 bits per heavy atom. The lowest BCUT2D eigenvalue weighted by Crippen LogP contribution is -2.18. The van der Waals surface area contributed by atoms with E-state index in [0.717, 1.165) is 18.0 Å². The zero-order valence-electron chi connectivity index (χ0n) is 4.12. The van der Waals surface area contributed by atoms with Gasteiger partial charge in [0.05, 0.1) is 5.75 Å². The van der Waals surface area contributed by atoms with E-state index in [4.69, 9.17) is 0 Å². The van der Waals surface area contributed by atoms with Crippen molar-refractivity contribution >= 4 is 11.9 Å². The Hall–Kier alpha value is -0.320. The molecule has 1 aliphatic heterocycles. The first kappa shape index (κ1) is 6.80. The molecule has 1 aliphatic rings. The van der Waals surface area contributed by atoms with Crippen molar-refractivity contribution in [2.24, 2.45) is 0 Å². The zero-order valence-corrected chi connectivity index (χ0v) is 4.94. The van der Waals surface area contributed by atoms with Gasteiger partial charge in [-0.15, -0.1) is 0 Å². The highest BCUT2D eigenvalue weighted by Crippen LogP contribution is 2.29. The highest BCUT2D eigenvalue weighted by Gasteiger charge is 2.35. The summed E-state index contributed by atoms with van der Waals surface area (Å²) in [7, 11) is 0. The number of hydrogen-bond acceptors (Lipinski definition) is 2. The van der Waals surface area contributed by atoms with Crippen LogP contribution in [0.2, 0.25) is 0 Å². The van der Waals surface area contributed by atoms with Gasteiger partial charge in [0, 0.05) is 0 Å². The number of hydrogen-bond donors (Lipinski definition) is 1. The summed E-state index contributed by atoms with van der Waals surface area (Å²) in [6.07, 6.45) is -3.37. The third-order valence-electron chi connectivity index (χ3n) is 0.729. The fraction of sp³-hybridized carbons (Fsp3) is 0.250. The van der Waals surface area contributed by atoms with Crippen LogP contribution in [0.15, 0.2) is 11.8 Å². The summed E-state index contributed by atoms with van der Waals surface area (Å²) in [5, 5.41) is 0. The first-order valence-corrected chi connectivity index (χ1v) is 2.87. The molecule has 0 saturated carbocycles. The highest BCUT2D eigenvalue weighted by atomic mass is 32.2. The van der Waals surface area contributed by atoms with Gasteiger partial charge in [-0.25, -0.2) is 0 Å². The monoisotopic (exact) mass is 153 g/mol. The van der Waals surface area contributed by atoms with Gasteiger partial charge in [-0.3, -0.25) is 0 Å². The number of halogens is 3. The van der Waals surface area contributed by atoms with Gasteiger partial charge in [0.25, 0.3) is 0 Å². The Morgan fingerprint density at radius 1 is 1.56 bits per heavy atom. The highest BCUT2D eigenvalue weighted by molar-refractivity contribution is 7.99. The van der Waals surface area contributed by atoms with Crippen LogP contribution < -0.4 is 4.72 Å². The Balaban J connectivity index is 2.61. The molecule has 0 aromatic carbocycles. The second-order valence-corrected chi connectivity index (χ2v) is 2.02. The van der Waals surface area contributed by atoms with Gasteiger partial charge in [-0.05, 0) is 18.0 Å². The van der Waals surface area contributed by atoms with E-state index in [1.54, 1.807) is 0 Å². The summed E-state index contributed by atoms with van der Waals surface area (Å²) in [5.41, 5.74) is -0.743. The standard InChI is InChI=1S/C4H2F3NS/c5-4(6,7)3-1-2-9-8-3/h1,8H. The fourth-order valence-corrected chi connectivity index (χ4v) is 0.862. The van der Waals surface area contributed by atoms with E-state index in [1.165, 1.54) is 0 Å². The smallest absolute Gasteiger partial charge is 0.325 e. The molecule has 0 atom stereocenters. The molecule has 1 heterocycles. The summed E-state index contributed by atoms with van der Waals surface area (Å²) in [6, 6.07) is 0. The van der Waals surface area contributed by atoms with Gasteiger partial charge in [0.1, 0.15) is 5.70 Å². The van der Waals surface area contributed by atoms with Gasteiger partial charge in [0.2, 0.25) is 0 Å². The molecule has 9 heavy (non-hydrogen) atoms. The Kier molecular flexibility index (Phi) is 1.61. The predicted octanol–water partition coefficient (Wildman–Crippen LogP) is 1.72. The molecule has 0 aromatic rings. The van der Waals surface area contributed by atoms with Crippen LogP contribution in [0, 0.1) is 5.75 Å². The molecule has 2 radical (unpaired) electrons. The Bertz CT molecular complexity index is 139. The molecule has 0 aliphatic carbocycles. The lowest BCUT2D eigenvalue weighted by Gasteiger charge is -2.05. The van der Waals surface area contributed by atoms with Crippen molar-refractivity contribution in [1.82, 2.24) is 4.72 Å². The topological polar surface area (TPSA) is 12.0 Å². The van der Waals surface area contributed by atoms with Crippen molar-refractivity contribution in [3.8, 4) is 0 Å². The van der Waals surface area contributed by atoms with Crippen molar-refractivity contribution in [2.45, 2.75) is 6.18 Å². The number of allylic oxidation sites excluding steroid dienone is 1. The van der Waals surface area contributed by atoms with Gasteiger partial charge < -0.3 is 4.72 Å². The number of nitrogens with one attached hydrogen (secondary N) is 1. The van der Waals surface area contributed by atoms with E-state index >= 15 is 0 Å². The van der Waals surface area contributed by atoms with Crippen LogP contribution in [0.1, 0.15) is 0 Å². The summed E-state index contributed by atoms with van der Waals surface area (Å²) >= 11 is 0.796. The van der Waals surface area contributed by atoms with E-state index < -0.39 is 11.9 Å². The molecule has 50 valence electrons.